The van der Waals surface area contributed by atoms with Gasteiger partial charge < -0.3 is 14.4 Å². The fraction of sp³-hybridized carbons (Fsp3) is 0.152. The van der Waals surface area contributed by atoms with Gasteiger partial charge in [-0.1, -0.05) is 86.6 Å². The average Bonchev–Trinajstić information content (AvgIpc) is 3.40. The van der Waals surface area contributed by atoms with Gasteiger partial charge in [-0.15, -0.1) is 0 Å². The number of benzene rings is 3. The number of nitrogens with zero attached hydrogens (tertiary/aromatic N) is 2. The lowest BCUT2D eigenvalue weighted by Crippen LogP contribution is -2.30. The van der Waals surface area contributed by atoms with Gasteiger partial charge in [0.15, 0.2) is 0 Å². The minimum absolute atomic E-state index is 0.00665. The predicted molar refractivity (Wildman–Crippen MR) is 149 cm³/mol. The quantitative estimate of drug-likeness (QED) is 0.255. The number of rotatable bonds is 4. The molecule has 4 aromatic rings. The van der Waals surface area contributed by atoms with Crippen LogP contribution >= 0.6 is 0 Å². The largest absolute Gasteiger partial charge is 0.506 e. The summed E-state index contributed by atoms with van der Waals surface area (Å²) in [5.41, 5.74) is 6.79. The number of ketones is 1. The summed E-state index contributed by atoms with van der Waals surface area (Å²) in [5, 5.41) is 10.9. The van der Waals surface area contributed by atoms with Crippen LogP contribution in [0.15, 0.2) is 118 Å². The van der Waals surface area contributed by atoms with Gasteiger partial charge in [-0.3, -0.25) is 4.79 Å². The number of fused-ring (bicyclic) bond motifs is 1. The third-order valence-electron chi connectivity index (χ3n) is 7.64. The van der Waals surface area contributed by atoms with Crippen molar-refractivity contribution in [3.8, 4) is 22.5 Å². The second kappa shape index (κ2) is 8.73. The van der Waals surface area contributed by atoms with Gasteiger partial charge in [0.05, 0.1) is 17.2 Å². The first-order chi connectivity index (χ1) is 18.3. The predicted octanol–water partition coefficient (Wildman–Crippen LogP) is 6.53. The molecule has 0 saturated carbocycles. The van der Waals surface area contributed by atoms with Crippen LogP contribution in [0.5, 0.6) is 0 Å². The van der Waals surface area contributed by atoms with Gasteiger partial charge in [-0.05, 0) is 28.8 Å². The molecule has 0 unspecified atom stereocenters. The number of aromatic nitrogens is 1. The van der Waals surface area contributed by atoms with Gasteiger partial charge in [0.2, 0.25) is 17.7 Å². The molecule has 5 heteroatoms. The molecule has 5 nitrogen and oxygen atoms in total. The highest BCUT2D eigenvalue weighted by Crippen LogP contribution is 2.48. The zero-order valence-electron chi connectivity index (χ0n) is 21.9. The van der Waals surface area contributed by atoms with Crippen molar-refractivity contribution in [1.82, 2.24) is 0 Å². The Morgan fingerprint density at radius 2 is 1.50 bits per heavy atom. The second-order valence-electron chi connectivity index (χ2n) is 10.4. The molecule has 0 atom stereocenters. The van der Waals surface area contributed by atoms with E-state index in [-0.39, 0.29) is 22.5 Å². The zero-order chi connectivity index (χ0) is 26.6. The number of anilines is 1. The van der Waals surface area contributed by atoms with Crippen LogP contribution < -0.4 is 9.47 Å². The Hall–Kier alpha value is -4.64. The number of carbonyl (C=O) groups is 1. The number of hydrogen-bond donors (Lipinski definition) is 1. The minimum Gasteiger partial charge on any atom is -0.506 e. The summed E-state index contributed by atoms with van der Waals surface area (Å²) in [6, 6.07) is 26.6. The number of oxazole rings is 1. The second-order valence-corrected chi connectivity index (χ2v) is 10.4. The molecular formula is C33H29N2O3+. The SMILES string of the molecule is CN1/C(=C/C2=C(O)C(=C/c3oc(-c4ccc(-c5ccccc5)cc4)c[n+]3C)/C2=O)C(C)(C)c2ccccc21. The molecule has 1 aliphatic heterocycles. The van der Waals surface area contributed by atoms with E-state index in [2.05, 4.69) is 55.1 Å². The van der Waals surface area contributed by atoms with Crippen molar-refractivity contribution in [2.45, 2.75) is 19.3 Å². The van der Waals surface area contributed by atoms with Crippen molar-refractivity contribution in [2.24, 2.45) is 7.05 Å². The number of aliphatic hydroxyl groups excluding tert-OH is 1. The fourth-order valence-electron chi connectivity index (χ4n) is 5.40. The van der Waals surface area contributed by atoms with Crippen molar-refractivity contribution >= 4 is 17.5 Å². The Balaban J connectivity index is 1.28. The van der Waals surface area contributed by atoms with Gasteiger partial charge in [-0.2, -0.15) is 4.57 Å². The maximum Gasteiger partial charge on any atom is 0.374 e. The number of likely N-dealkylation sites (N-methyl/N-ethyl adjacent to an activating group) is 1. The molecular weight excluding hydrogens is 472 g/mol. The molecule has 38 heavy (non-hydrogen) atoms. The standard InChI is InChI=1S/C33H28N2O3/c1-33(2)26-12-8-9-13-27(26)35(4)29(33)18-24-31(36)25(32(24)37)19-30-34(3)20-28(38-30)23-16-14-22(15-17-23)21-10-6-5-7-11-21/h5-20H,1-4H3/p+1. The monoisotopic (exact) mass is 501 g/mol. The third kappa shape index (κ3) is 3.70. The average molecular weight is 502 g/mol. The van der Waals surface area contributed by atoms with Crippen molar-refractivity contribution in [2.75, 3.05) is 11.9 Å². The summed E-state index contributed by atoms with van der Waals surface area (Å²) in [5.74, 6) is 0.969. The molecule has 0 saturated heterocycles. The van der Waals surface area contributed by atoms with E-state index in [1.54, 1.807) is 6.08 Å². The van der Waals surface area contributed by atoms with E-state index >= 15 is 0 Å². The molecule has 0 radical (unpaired) electrons. The molecule has 2 heterocycles. The third-order valence-corrected chi connectivity index (χ3v) is 7.64. The Kier molecular flexibility index (Phi) is 5.46. The maximum atomic E-state index is 13.1. The number of aryl methyl sites for hydroxylation is 1. The summed E-state index contributed by atoms with van der Waals surface area (Å²) in [6.07, 6.45) is 5.31. The highest BCUT2D eigenvalue weighted by molar-refractivity contribution is 6.23. The number of carbonyl (C=O) groups excluding carboxylic acids is 1. The number of allylic oxidation sites excluding steroid dienone is 4. The van der Waals surface area contributed by atoms with E-state index in [1.165, 1.54) is 5.56 Å². The van der Waals surface area contributed by atoms with Gasteiger partial charge in [-0.25, -0.2) is 0 Å². The van der Waals surface area contributed by atoms with Crippen LogP contribution in [0.3, 0.4) is 0 Å². The molecule has 0 amide bonds. The van der Waals surface area contributed by atoms with E-state index in [4.69, 9.17) is 4.42 Å². The number of para-hydroxylation sites is 1. The van der Waals surface area contributed by atoms with E-state index < -0.39 is 0 Å². The number of Topliss-reactive ketones (excluding diaryl/α,β-unsaturated/α-hetero) is 1. The molecule has 0 fully saturated rings. The molecule has 188 valence electrons. The van der Waals surface area contributed by atoms with Gasteiger partial charge in [0.25, 0.3) is 0 Å². The molecule has 1 N–H and O–H groups in total. The topological polar surface area (TPSA) is 57.6 Å². The summed E-state index contributed by atoms with van der Waals surface area (Å²) in [4.78, 5) is 15.2. The van der Waals surface area contributed by atoms with E-state index in [0.717, 1.165) is 28.1 Å². The van der Waals surface area contributed by atoms with Crippen molar-refractivity contribution in [3.05, 3.63) is 125 Å². The number of hydrogen-bond acceptors (Lipinski definition) is 4. The van der Waals surface area contributed by atoms with Crippen LogP contribution in [0.25, 0.3) is 28.5 Å². The van der Waals surface area contributed by atoms with Crippen LogP contribution in [0, 0.1) is 0 Å². The van der Waals surface area contributed by atoms with Crippen LogP contribution in [0.1, 0.15) is 25.3 Å². The van der Waals surface area contributed by atoms with Crippen LogP contribution in [0.4, 0.5) is 5.69 Å². The fourth-order valence-corrected chi connectivity index (χ4v) is 5.40. The molecule has 3 aromatic carbocycles. The van der Waals surface area contributed by atoms with E-state index in [0.29, 0.717) is 17.2 Å². The molecule has 2 aliphatic rings. The van der Waals surface area contributed by atoms with Crippen molar-refractivity contribution < 1.29 is 18.9 Å². The first-order valence-electron chi connectivity index (χ1n) is 12.7. The summed E-state index contributed by atoms with van der Waals surface area (Å²) >= 11 is 0. The maximum absolute atomic E-state index is 13.1. The lowest BCUT2D eigenvalue weighted by molar-refractivity contribution is -0.676. The smallest absolute Gasteiger partial charge is 0.374 e. The van der Waals surface area contributed by atoms with Gasteiger partial charge >= 0.3 is 5.89 Å². The highest BCUT2D eigenvalue weighted by atomic mass is 16.4. The molecule has 1 aliphatic carbocycles. The van der Waals surface area contributed by atoms with Gasteiger partial charge in [0.1, 0.15) is 12.8 Å². The van der Waals surface area contributed by atoms with Crippen LogP contribution in [-0.2, 0) is 17.3 Å². The number of aliphatic hydroxyl groups is 1. The summed E-state index contributed by atoms with van der Waals surface area (Å²) < 4.78 is 7.90. The molecule has 0 bridgehead atoms. The normalized spacial score (nSPS) is 18.3. The Morgan fingerprint density at radius 3 is 2.18 bits per heavy atom. The minimum atomic E-state index is -0.281. The molecule has 0 spiro atoms. The Labute approximate surface area is 222 Å². The van der Waals surface area contributed by atoms with Crippen LogP contribution in [-0.4, -0.2) is 17.9 Å². The molecule has 1 aromatic heterocycles. The Bertz CT molecular complexity index is 1670. The lowest BCUT2D eigenvalue weighted by atomic mass is 9.80. The van der Waals surface area contributed by atoms with E-state index in [1.807, 2.05) is 73.4 Å². The summed E-state index contributed by atoms with van der Waals surface area (Å²) in [6.45, 7) is 4.27. The van der Waals surface area contributed by atoms with Crippen LogP contribution in [0.2, 0.25) is 0 Å². The first-order valence-corrected chi connectivity index (χ1v) is 12.7. The summed E-state index contributed by atoms with van der Waals surface area (Å²) in [7, 11) is 3.85. The first kappa shape index (κ1) is 23.7. The van der Waals surface area contributed by atoms with E-state index in [9.17, 15) is 9.90 Å². The molecule has 6 rings (SSSR count). The highest BCUT2D eigenvalue weighted by Gasteiger charge is 2.41. The Morgan fingerprint density at radius 1 is 0.868 bits per heavy atom. The van der Waals surface area contributed by atoms with Gasteiger partial charge in [0, 0.05) is 29.4 Å². The lowest BCUT2D eigenvalue weighted by Gasteiger charge is -2.26. The zero-order valence-corrected chi connectivity index (χ0v) is 21.9. The van der Waals surface area contributed by atoms with Crippen molar-refractivity contribution in [1.29, 1.82) is 0 Å². The van der Waals surface area contributed by atoms with Crippen molar-refractivity contribution in [3.63, 3.8) is 0 Å².